The van der Waals surface area contributed by atoms with E-state index in [2.05, 4.69) is 22.5 Å². The number of nitrogens with one attached hydrogen (secondary N) is 2. The number of thioether (sulfide) groups is 1. The zero-order valence-electron chi connectivity index (χ0n) is 14.8. The number of ether oxygens (including phenoxy) is 2. The average Bonchev–Trinajstić information content (AvgIpc) is 3.01. The summed E-state index contributed by atoms with van der Waals surface area (Å²) in [4.78, 5) is 4.30. The number of aliphatic imine (C=N–C) groups is 1. The lowest BCUT2D eigenvalue weighted by molar-refractivity contribution is 0.354. The maximum absolute atomic E-state index is 5.34. The summed E-state index contributed by atoms with van der Waals surface area (Å²) < 4.78 is 10.9. The van der Waals surface area contributed by atoms with E-state index in [4.69, 9.17) is 9.47 Å². The maximum Gasteiger partial charge on any atom is 0.191 e. The van der Waals surface area contributed by atoms with Gasteiger partial charge in [-0.3, -0.25) is 4.99 Å². The Balaban J connectivity index is 0.00000288. The van der Waals surface area contributed by atoms with Crippen LogP contribution in [0.4, 0.5) is 0 Å². The fourth-order valence-electron chi connectivity index (χ4n) is 2.64. The maximum atomic E-state index is 5.34. The summed E-state index contributed by atoms with van der Waals surface area (Å²) in [6.45, 7) is 3.94. The minimum absolute atomic E-state index is 0. The van der Waals surface area contributed by atoms with Crippen LogP contribution in [0.3, 0.4) is 0 Å². The molecule has 0 spiro atoms. The van der Waals surface area contributed by atoms with Crippen LogP contribution in [0.5, 0.6) is 11.5 Å². The van der Waals surface area contributed by atoms with Crippen LogP contribution < -0.4 is 20.1 Å². The van der Waals surface area contributed by atoms with E-state index in [0.29, 0.717) is 11.3 Å². The molecule has 1 aromatic carbocycles. The standard InChI is InChI=1S/C17H27N3O2S.HI/c1-17(8-5-9-23-17)12-20-16(18-2)19-11-13-6-7-14(21-3)15(10-13)22-4;/h6-7,10H,5,8-9,11-12H2,1-4H3,(H2,18,19,20);1H. The molecular formula is C17H28IN3O2S. The first-order valence-electron chi connectivity index (χ1n) is 7.89. The van der Waals surface area contributed by atoms with Crippen molar-refractivity contribution in [1.82, 2.24) is 10.6 Å². The van der Waals surface area contributed by atoms with Gasteiger partial charge in [0, 0.05) is 24.9 Å². The molecule has 1 aromatic rings. The molecule has 1 fully saturated rings. The second kappa shape index (κ2) is 10.2. The summed E-state index contributed by atoms with van der Waals surface area (Å²) >= 11 is 2.04. The molecule has 1 unspecified atom stereocenters. The van der Waals surface area contributed by atoms with Gasteiger partial charge < -0.3 is 20.1 Å². The molecule has 0 saturated carbocycles. The Morgan fingerprint density at radius 1 is 1.25 bits per heavy atom. The molecule has 0 aliphatic carbocycles. The summed E-state index contributed by atoms with van der Waals surface area (Å²) in [5.41, 5.74) is 1.12. The van der Waals surface area contributed by atoms with Crippen LogP contribution in [0, 0.1) is 0 Å². The summed E-state index contributed by atoms with van der Waals surface area (Å²) in [6, 6.07) is 5.92. The van der Waals surface area contributed by atoms with Gasteiger partial charge in [0.2, 0.25) is 0 Å². The number of methoxy groups -OCH3 is 2. The second-order valence-electron chi connectivity index (χ2n) is 5.87. The number of guanidine groups is 1. The van der Waals surface area contributed by atoms with Crippen molar-refractivity contribution in [3.05, 3.63) is 23.8 Å². The molecule has 5 nitrogen and oxygen atoms in total. The quantitative estimate of drug-likeness (QED) is 0.384. The van der Waals surface area contributed by atoms with E-state index in [0.717, 1.165) is 29.6 Å². The molecule has 24 heavy (non-hydrogen) atoms. The lowest BCUT2D eigenvalue weighted by Gasteiger charge is -2.24. The number of nitrogens with zero attached hydrogens (tertiary/aromatic N) is 1. The molecule has 0 aromatic heterocycles. The van der Waals surface area contributed by atoms with E-state index in [9.17, 15) is 0 Å². The molecule has 1 heterocycles. The lowest BCUT2D eigenvalue weighted by atomic mass is 10.1. The largest absolute Gasteiger partial charge is 0.493 e. The molecule has 0 radical (unpaired) electrons. The van der Waals surface area contributed by atoms with Crippen LogP contribution >= 0.6 is 35.7 Å². The van der Waals surface area contributed by atoms with Crippen molar-refractivity contribution in [2.75, 3.05) is 33.6 Å². The zero-order chi connectivity index (χ0) is 16.7. The molecule has 1 atom stereocenters. The van der Waals surface area contributed by atoms with Gasteiger partial charge in [-0.1, -0.05) is 6.07 Å². The number of rotatable bonds is 6. The van der Waals surface area contributed by atoms with Crippen molar-refractivity contribution in [3.63, 3.8) is 0 Å². The minimum Gasteiger partial charge on any atom is -0.493 e. The Labute approximate surface area is 166 Å². The topological polar surface area (TPSA) is 54.9 Å². The Kier molecular flexibility index (Phi) is 9.04. The van der Waals surface area contributed by atoms with Gasteiger partial charge in [-0.2, -0.15) is 11.8 Å². The van der Waals surface area contributed by atoms with Crippen molar-refractivity contribution in [2.45, 2.75) is 31.1 Å². The van der Waals surface area contributed by atoms with E-state index in [1.54, 1.807) is 21.3 Å². The number of hydrogen-bond donors (Lipinski definition) is 2. The number of hydrogen-bond acceptors (Lipinski definition) is 4. The fraction of sp³-hybridized carbons (Fsp3) is 0.588. The third-order valence-electron chi connectivity index (χ3n) is 4.06. The molecule has 2 N–H and O–H groups in total. The highest BCUT2D eigenvalue weighted by molar-refractivity contribution is 14.0. The Morgan fingerprint density at radius 2 is 2.00 bits per heavy atom. The van der Waals surface area contributed by atoms with Gasteiger partial charge in [-0.05, 0) is 43.2 Å². The van der Waals surface area contributed by atoms with Gasteiger partial charge >= 0.3 is 0 Å². The zero-order valence-corrected chi connectivity index (χ0v) is 18.0. The molecule has 1 aliphatic rings. The summed E-state index contributed by atoms with van der Waals surface area (Å²) in [5.74, 6) is 3.57. The highest BCUT2D eigenvalue weighted by Crippen LogP contribution is 2.36. The van der Waals surface area contributed by atoms with Crippen molar-refractivity contribution >= 4 is 41.7 Å². The molecular weight excluding hydrogens is 437 g/mol. The third-order valence-corrected chi connectivity index (χ3v) is 5.60. The number of halogens is 1. The Morgan fingerprint density at radius 3 is 2.58 bits per heavy atom. The molecule has 1 saturated heterocycles. The van der Waals surface area contributed by atoms with Crippen LogP contribution in [0.25, 0.3) is 0 Å². The molecule has 2 rings (SSSR count). The molecule has 0 bridgehead atoms. The van der Waals surface area contributed by atoms with Crippen molar-refractivity contribution in [1.29, 1.82) is 0 Å². The van der Waals surface area contributed by atoms with Crippen LogP contribution in [-0.4, -0.2) is 44.3 Å². The summed E-state index contributed by atoms with van der Waals surface area (Å²) in [5, 5.41) is 6.78. The second-order valence-corrected chi connectivity index (χ2v) is 7.55. The Hall–Kier alpha value is -0.830. The molecule has 136 valence electrons. The monoisotopic (exact) mass is 465 g/mol. The van der Waals surface area contributed by atoms with Crippen molar-refractivity contribution in [2.24, 2.45) is 4.99 Å². The van der Waals surface area contributed by atoms with Gasteiger partial charge in [0.1, 0.15) is 0 Å². The highest BCUT2D eigenvalue weighted by atomic mass is 127. The predicted molar refractivity (Wildman–Crippen MR) is 113 cm³/mol. The summed E-state index contributed by atoms with van der Waals surface area (Å²) in [6.07, 6.45) is 2.57. The van der Waals surface area contributed by atoms with E-state index in [1.807, 2.05) is 30.0 Å². The van der Waals surface area contributed by atoms with Crippen LogP contribution in [-0.2, 0) is 6.54 Å². The molecule has 0 amide bonds. The normalized spacial score (nSPS) is 20.2. The Bertz CT molecular complexity index is 549. The number of benzene rings is 1. The summed E-state index contributed by atoms with van der Waals surface area (Å²) in [7, 11) is 5.09. The lowest BCUT2D eigenvalue weighted by Crippen LogP contribution is -2.43. The van der Waals surface area contributed by atoms with Crippen molar-refractivity contribution < 1.29 is 9.47 Å². The fourth-order valence-corrected chi connectivity index (χ4v) is 3.89. The van der Waals surface area contributed by atoms with E-state index in [-0.39, 0.29) is 24.0 Å². The van der Waals surface area contributed by atoms with Gasteiger partial charge in [0.25, 0.3) is 0 Å². The van der Waals surface area contributed by atoms with Crippen LogP contribution in [0.2, 0.25) is 0 Å². The van der Waals surface area contributed by atoms with Crippen LogP contribution in [0.15, 0.2) is 23.2 Å². The van der Waals surface area contributed by atoms with Crippen molar-refractivity contribution in [3.8, 4) is 11.5 Å². The smallest absolute Gasteiger partial charge is 0.191 e. The van der Waals surface area contributed by atoms with Gasteiger partial charge in [0.05, 0.1) is 14.2 Å². The SMILES string of the molecule is CN=C(NCc1ccc(OC)c(OC)c1)NCC1(C)CCCS1.I. The van der Waals surface area contributed by atoms with Crippen LogP contribution in [0.1, 0.15) is 25.3 Å². The van der Waals surface area contributed by atoms with Gasteiger partial charge in [-0.15, -0.1) is 24.0 Å². The third kappa shape index (κ3) is 5.91. The molecule has 1 aliphatic heterocycles. The van der Waals surface area contributed by atoms with E-state index in [1.165, 1.54) is 18.6 Å². The van der Waals surface area contributed by atoms with Gasteiger partial charge in [0.15, 0.2) is 17.5 Å². The van der Waals surface area contributed by atoms with E-state index < -0.39 is 0 Å². The average molecular weight is 465 g/mol. The highest BCUT2D eigenvalue weighted by Gasteiger charge is 2.29. The van der Waals surface area contributed by atoms with Gasteiger partial charge in [-0.25, -0.2) is 0 Å². The first kappa shape index (κ1) is 21.2. The minimum atomic E-state index is 0. The molecule has 7 heteroatoms. The first-order chi connectivity index (χ1) is 11.1. The first-order valence-corrected chi connectivity index (χ1v) is 8.88. The predicted octanol–water partition coefficient (Wildman–Crippen LogP) is 3.27. The van der Waals surface area contributed by atoms with E-state index >= 15 is 0 Å².